The molecule has 0 saturated heterocycles. The maximum absolute atomic E-state index is 11.3. The highest BCUT2D eigenvalue weighted by Gasteiger charge is 2.24. The zero-order valence-corrected chi connectivity index (χ0v) is 7.39. The molecule has 0 amide bonds. The molecule has 4 heteroatoms. The number of carbonyl (C=O) groups excluding carboxylic acids is 1. The molecular formula is C9H11NO3. The van der Waals surface area contributed by atoms with Gasteiger partial charge < -0.3 is 10.5 Å². The molecule has 0 bridgehead atoms. The van der Waals surface area contributed by atoms with Crippen LogP contribution >= 0.6 is 0 Å². The summed E-state index contributed by atoms with van der Waals surface area (Å²) < 4.78 is 0. The first-order chi connectivity index (χ1) is 6.04. The summed E-state index contributed by atoms with van der Waals surface area (Å²) in [6.07, 6.45) is 1.53. The summed E-state index contributed by atoms with van der Waals surface area (Å²) in [5.74, 6) is -1.33. The molecule has 0 heterocycles. The topological polar surface area (TPSA) is 78.2 Å². The Balaban J connectivity index is 3.11. The lowest BCUT2D eigenvalue weighted by Gasteiger charge is -2.15. The first-order valence-electron chi connectivity index (χ1n) is 4.09. The number of carboxylic acids is 1. The predicted octanol–water partition coefficient (Wildman–Crippen LogP) is 1.16. The summed E-state index contributed by atoms with van der Waals surface area (Å²) in [7, 11) is 0. The molecule has 1 fully saturated rings. The second kappa shape index (κ2) is 3.51. The number of ketones is 1. The molecule has 1 aliphatic rings. The van der Waals surface area contributed by atoms with Gasteiger partial charge in [-0.1, -0.05) is 0 Å². The minimum Gasteiger partial charge on any atom is -0.478 e. The van der Waals surface area contributed by atoms with Crippen LogP contribution in [-0.2, 0) is 9.59 Å². The second-order valence-electron chi connectivity index (χ2n) is 3.06. The van der Waals surface area contributed by atoms with Crippen LogP contribution in [0.5, 0.6) is 0 Å². The van der Waals surface area contributed by atoms with Crippen LogP contribution in [0.4, 0.5) is 0 Å². The number of allylic oxidation sites excluding steroid dienone is 1. The number of aliphatic carboxylic acids is 1. The maximum atomic E-state index is 11.3. The Kier molecular flexibility index (Phi) is 2.60. The molecule has 2 N–H and O–H groups in total. The van der Waals surface area contributed by atoms with Crippen molar-refractivity contribution in [2.45, 2.75) is 26.2 Å². The summed E-state index contributed by atoms with van der Waals surface area (Å²) in [6.45, 7) is 1.37. The molecule has 1 aliphatic carbocycles. The molecule has 0 aromatic carbocycles. The quantitative estimate of drug-likeness (QED) is 0.596. The third-order valence-electron chi connectivity index (χ3n) is 2.11. The standard InChI is InChI=1S/C9H11NO3/c1-5(9(12)13)8-6(10)3-2-4-7(8)11/h10H,2-4H2,1H3,(H,12,13)/b8-5+,10-6?. The molecule has 0 aromatic heterocycles. The Bertz CT molecular complexity index is 297. The van der Waals surface area contributed by atoms with E-state index >= 15 is 0 Å². The lowest BCUT2D eigenvalue weighted by molar-refractivity contribution is -0.133. The van der Waals surface area contributed by atoms with Gasteiger partial charge in [-0.05, 0) is 19.8 Å². The fraction of sp³-hybridized carbons (Fsp3) is 0.444. The molecule has 0 spiro atoms. The number of carbonyl (C=O) groups is 2. The van der Waals surface area contributed by atoms with E-state index in [1.165, 1.54) is 6.92 Å². The van der Waals surface area contributed by atoms with Crippen molar-refractivity contribution in [3.63, 3.8) is 0 Å². The Labute approximate surface area is 75.8 Å². The van der Waals surface area contributed by atoms with Gasteiger partial charge in [0.2, 0.25) is 0 Å². The van der Waals surface area contributed by atoms with Gasteiger partial charge in [-0.15, -0.1) is 0 Å². The molecule has 4 nitrogen and oxygen atoms in total. The predicted molar refractivity (Wildman–Crippen MR) is 46.9 cm³/mol. The molecule has 0 aliphatic heterocycles. The van der Waals surface area contributed by atoms with Gasteiger partial charge in [0.05, 0.1) is 0 Å². The van der Waals surface area contributed by atoms with E-state index in [-0.39, 0.29) is 22.6 Å². The fourth-order valence-electron chi connectivity index (χ4n) is 1.39. The number of rotatable bonds is 1. The largest absolute Gasteiger partial charge is 0.478 e. The lowest BCUT2D eigenvalue weighted by atomic mass is 9.88. The SMILES string of the molecule is C/C(C(=O)O)=C1/C(=N)CCCC1=O. The molecule has 0 aromatic rings. The summed E-state index contributed by atoms with van der Waals surface area (Å²) in [4.78, 5) is 21.9. The van der Waals surface area contributed by atoms with Crippen molar-refractivity contribution in [2.75, 3.05) is 0 Å². The highest BCUT2D eigenvalue weighted by atomic mass is 16.4. The average molecular weight is 181 g/mol. The molecular weight excluding hydrogens is 170 g/mol. The van der Waals surface area contributed by atoms with Crippen molar-refractivity contribution >= 4 is 17.5 Å². The number of hydrogen-bond donors (Lipinski definition) is 2. The van der Waals surface area contributed by atoms with Crippen molar-refractivity contribution in [1.29, 1.82) is 5.41 Å². The Hall–Kier alpha value is -1.45. The minimum absolute atomic E-state index is 0.00491. The zero-order chi connectivity index (χ0) is 10.0. The third-order valence-corrected chi connectivity index (χ3v) is 2.11. The molecule has 70 valence electrons. The van der Waals surface area contributed by atoms with Crippen LogP contribution in [0.3, 0.4) is 0 Å². The second-order valence-corrected chi connectivity index (χ2v) is 3.06. The van der Waals surface area contributed by atoms with Gasteiger partial charge in [0.15, 0.2) is 5.78 Å². The Morgan fingerprint density at radius 2 is 2.08 bits per heavy atom. The first kappa shape index (κ1) is 9.64. The van der Waals surface area contributed by atoms with Gasteiger partial charge in [-0.25, -0.2) is 4.79 Å². The van der Waals surface area contributed by atoms with E-state index in [4.69, 9.17) is 10.5 Å². The summed E-state index contributed by atoms with van der Waals surface area (Å²) >= 11 is 0. The van der Waals surface area contributed by atoms with Crippen LogP contribution in [0.2, 0.25) is 0 Å². The minimum atomic E-state index is -1.12. The fourth-order valence-corrected chi connectivity index (χ4v) is 1.39. The van der Waals surface area contributed by atoms with Crippen LogP contribution in [0.15, 0.2) is 11.1 Å². The van der Waals surface area contributed by atoms with E-state index in [1.807, 2.05) is 0 Å². The van der Waals surface area contributed by atoms with Gasteiger partial charge in [0.25, 0.3) is 0 Å². The zero-order valence-electron chi connectivity index (χ0n) is 7.39. The number of carboxylic acid groups (broad SMARTS) is 1. The van der Waals surface area contributed by atoms with Crippen LogP contribution in [0.25, 0.3) is 0 Å². The van der Waals surface area contributed by atoms with E-state index in [2.05, 4.69) is 0 Å². The Morgan fingerprint density at radius 3 is 2.54 bits per heavy atom. The van der Waals surface area contributed by atoms with Crippen molar-refractivity contribution in [1.82, 2.24) is 0 Å². The molecule has 0 atom stereocenters. The van der Waals surface area contributed by atoms with Crippen LogP contribution < -0.4 is 0 Å². The van der Waals surface area contributed by atoms with Crippen LogP contribution in [0, 0.1) is 5.41 Å². The third kappa shape index (κ3) is 1.83. The van der Waals surface area contributed by atoms with Crippen LogP contribution in [-0.4, -0.2) is 22.6 Å². The number of nitrogens with one attached hydrogen (secondary N) is 1. The smallest absolute Gasteiger partial charge is 0.332 e. The molecule has 1 saturated carbocycles. The first-order valence-corrected chi connectivity index (χ1v) is 4.09. The van der Waals surface area contributed by atoms with Gasteiger partial charge in [-0.2, -0.15) is 0 Å². The summed E-state index contributed by atoms with van der Waals surface area (Å²) in [5, 5.41) is 16.1. The monoisotopic (exact) mass is 181 g/mol. The average Bonchev–Trinajstić information content (AvgIpc) is 2.03. The molecule has 1 rings (SSSR count). The van der Waals surface area contributed by atoms with Crippen LogP contribution in [0.1, 0.15) is 26.2 Å². The van der Waals surface area contributed by atoms with E-state index in [0.29, 0.717) is 19.3 Å². The number of Topliss-reactive ketones (excluding diaryl/α,β-unsaturated/α-hetero) is 1. The van der Waals surface area contributed by atoms with Gasteiger partial charge in [0, 0.05) is 23.3 Å². The maximum Gasteiger partial charge on any atom is 0.332 e. The highest BCUT2D eigenvalue weighted by molar-refractivity contribution is 6.25. The number of hydrogen-bond acceptors (Lipinski definition) is 3. The molecule has 13 heavy (non-hydrogen) atoms. The van der Waals surface area contributed by atoms with E-state index in [1.54, 1.807) is 0 Å². The van der Waals surface area contributed by atoms with Gasteiger partial charge in [-0.3, -0.25) is 4.79 Å². The van der Waals surface area contributed by atoms with Crippen molar-refractivity contribution < 1.29 is 14.7 Å². The van der Waals surface area contributed by atoms with Crippen molar-refractivity contribution in [3.05, 3.63) is 11.1 Å². The summed E-state index contributed by atoms with van der Waals surface area (Å²) in [5.41, 5.74) is 0.268. The van der Waals surface area contributed by atoms with E-state index < -0.39 is 5.97 Å². The highest BCUT2D eigenvalue weighted by Crippen LogP contribution is 2.20. The van der Waals surface area contributed by atoms with Crippen molar-refractivity contribution in [2.24, 2.45) is 0 Å². The summed E-state index contributed by atoms with van der Waals surface area (Å²) in [6, 6.07) is 0. The normalized spacial score (nSPS) is 21.6. The van der Waals surface area contributed by atoms with E-state index in [9.17, 15) is 9.59 Å². The van der Waals surface area contributed by atoms with Gasteiger partial charge in [0.1, 0.15) is 0 Å². The molecule has 0 unspecified atom stereocenters. The van der Waals surface area contributed by atoms with Crippen molar-refractivity contribution in [3.8, 4) is 0 Å². The van der Waals surface area contributed by atoms with E-state index in [0.717, 1.165) is 0 Å². The van der Waals surface area contributed by atoms with Gasteiger partial charge >= 0.3 is 5.97 Å². The lowest BCUT2D eigenvalue weighted by Crippen LogP contribution is -2.21. The molecule has 0 radical (unpaired) electrons. The Morgan fingerprint density at radius 1 is 1.46 bits per heavy atom.